The minimum atomic E-state index is -1.06. The number of anilines is 1. The van der Waals surface area contributed by atoms with E-state index in [2.05, 4.69) is 20.9 Å². The van der Waals surface area contributed by atoms with Crippen LogP contribution < -0.4 is 10.4 Å². The van der Waals surface area contributed by atoms with Gasteiger partial charge in [-0.3, -0.25) is 4.90 Å². The van der Waals surface area contributed by atoms with E-state index in [1.165, 1.54) is 4.90 Å². The Hall–Kier alpha value is -1.57. The number of fused-ring (bicyclic) bond motifs is 1. The number of nitrogens with zero attached hydrogens (tertiary/aromatic N) is 1. The zero-order valence-corrected chi connectivity index (χ0v) is 10.9. The third kappa shape index (κ3) is 2.47. The third-order valence-corrected chi connectivity index (χ3v) is 3.08. The number of rotatable bonds is 4. The Bertz CT molecular complexity index is 570. The van der Waals surface area contributed by atoms with Gasteiger partial charge in [0.05, 0.1) is 5.69 Å². The van der Waals surface area contributed by atoms with Crippen molar-refractivity contribution in [3.63, 3.8) is 0 Å². The quantitative estimate of drug-likeness (QED) is 0.653. The molecule has 7 heteroatoms. The van der Waals surface area contributed by atoms with E-state index in [-0.39, 0.29) is 13.1 Å². The molecule has 0 aliphatic heterocycles. The third-order valence-electron chi connectivity index (χ3n) is 2.59. The van der Waals surface area contributed by atoms with Crippen LogP contribution in [0.15, 0.2) is 28.9 Å². The Labute approximate surface area is 111 Å². The lowest BCUT2D eigenvalue weighted by Crippen LogP contribution is -2.35. The van der Waals surface area contributed by atoms with Crippen LogP contribution in [0.1, 0.15) is 0 Å². The molecule has 1 aromatic carbocycles. The van der Waals surface area contributed by atoms with Gasteiger partial charge in [0.15, 0.2) is 0 Å². The lowest BCUT2D eigenvalue weighted by molar-refractivity contribution is 0.167. The number of H-pyrrole nitrogens is 1. The van der Waals surface area contributed by atoms with E-state index in [4.69, 9.17) is 5.21 Å². The van der Waals surface area contributed by atoms with Gasteiger partial charge >= 0.3 is 6.09 Å². The monoisotopic (exact) mass is 313 g/mol. The van der Waals surface area contributed by atoms with Crippen molar-refractivity contribution in [1.82, 2.24) is 10.5 Å². The normalized spacial score (nSPS) is 10.8. The molecule has 0 bridgehead atoms. The summed E-state index contributed by atoms with van der Waals surface area (Å²) in [7, 11) is 0. The van der Waals surface area contributed by atoms with Gasteiger partial charge in [-0.15, -0.1) is 0 Å². The summed E-state index contributed by atoms with van der Waals surface area (Å²) in [6.45, 7) is 0.318. The molecule has 0 aliphatic carbocycles. The van der Waals surface area contributed by atoms with Crippen LogP contribution in [0.5, 0.6) is 0 Å². The molecular formula is C11H12BrN3O3. The molecule has 18 heavy (non-hydrogen) atoms. The number of carbonyl (C=O) groups is 1. The molecular weight excluding hydrogens is 302 g/mol. The molecule has 0 saturated carbocycles. The predicted molar refractivity (Wildman–Crippen MR) is 71.2 cm³/mol. The molecule has 6 nitrogen and oxygen atoms in total. The highest BCUT2D eigenvalue weighted by atomic mass is 79.9. The van der Waals surface area contributed by atoms with Crippen molar-refractivity contribution in [2.45, 2.75) is 0 Å². The molecule has 0 spiro atoms. The smallest absolute Gasteiger partial charge is 0.411 e. The average Bonchev–Trinajstić information content (AvgIpc) is 2.72. The summed E-state index contributed by atoms with van der Waals surface area (Å²) in [5.41, 5.74) is 3.37. The lowest BCUT2D eigenvalue weighted by Gasteiger charge is -2.17. The Morgan fingerprint density at radius 1 is 1.50 bits per heavy atom. The maximum Gasteiger partial charge on any atom is 0.411 e. The highest BCUT2D eigenvalue weighted by molar-refractivity contribution is 9.10. The van der Waals surface area contributed by atoms with Gasteiger partial charge in [-0.05, 0) is 18.2 Å². The van der Waals surface area contributed by atoms with Crippen LogP contribution >= 0.6 is 15.9 Å². The van der Waals surface area contributed by atoms with Gasteiger partial charge in [-0.25, -0.2) is 10.3 Å². The molecule has 0 atom stereocenters. The van der Waals surface area contributed by atoms with Crippen molar-refractivity contribution in [3.05, 3.63) is 28.9 Å². The number of hydrogen-bond acceptors (Lipinski definition) is 3. The Morgan fingerprint density at radius 3 is 2.94 bits per heavy atom. The lowest BCUT2D eigenvalue weighted by atomic mass is 10.2. The summed E-state index contributed by atoms with van der Waals surface area (Å²) >= 11 is 3.36. The fourth-order valence-electron chi connectivity index (χ4n) is 1.78. The first-order valence-electron chi connectivity index (χ1n) is 5.27. The van der Waals surface area contributed by atoms with Gasteiger partial charge in [0.2, 0.25) is 0 Å². The molecule has 0 aliphatic rings. The van der Waals surface area contributed by atoms with Crippen LogP contribution in [-0.4, -0.2) is 34.5 Å². The Balaban J connectivity index is 2.43. The van der Waals surface area contributed by atoms with Gasteiger partial charge in [0.1, 0.15) is 0 Å². The molecule has 1 heterocycles. The van der Waals surface area contributed by atoms with Crippen molar-refractivity contribution in [2.24, 2.45) is 0 Å². The first-order chi connectivity index (χ1) is 8.63. The number of aromatic amines is 1. The summed E-state index contributed by atoms with van der Waals surface area (Å²) < 4.78 is 0.876. The van der Waals surface area contributed by atoms with Crippen molar-refractivity contribution in [1.29, 1.82) is 0 Å². The van der Waals surface area contributed by atoms with E-state index in [1.54, 1.807) is 6.20 Å². The summed E-state index contributed by atoms with van der Waals surface area (Å²) in [6.07, 6.45) is 0.578. The van der Waals surface area contributed by atoms with Gasteiger partial charge in [-0.2, -0.15) is 0 Å². The van der Waals surface area contributed by atoms with E-state index >= 15 is 0 Å². The molecule has 0 radical (unpaired) electrons. The number of halogens is 1. The van der Waals surface area contributed by atoms with Crippen LogP contribution in [0.25, 0.3) is 10.9 Å². The van der Waals surface area contributed by atoms with Gasteiger partial charge in [0.25, 0.3) is 0 Å². The van der Waals surface area contributed by atoms with Gasteiger partial charge < -0.3 is 15.3 Å². The number of amides is 1. The zero-order chi connectivity index (χ0) is 13.1. The van der Waals surface area contributed by atoms with E-state index < -0.39 is 6.09 Å². The number of benzene rings is 1. The molecule has 0 saturated heterocycles. The van der Waals surface area contributed by atoms with Crippen LogP contribution in [0.4, 0.5) is 10.5 Å². The maximum atomic E-state index is 11.2. The fourth-order valence-corrected chi connectivity index (χ4v) is 2.14. The van der Waals surface area contributed by atoms with E-state index in [1.807, 2.05) is 23.7 Å². The van der Waals surface area contributed by atoms with Crippen molar-refractivity contribution in [2.75, 3.05) is 18.0 Å². The van der Waals surface area contributed by atoms with Crippen LogP contribution in [0, 0.1) is 0 Å². The summed E-state index contributed by atoms with van der Waals surface area (Å²) in [6, 6.07) is 5.60. The van der Waals surface area contributed by atoms with Gasteiger partial charge in [-0.1, -0.05) is 15.9 Å². The maximum absolute atomic E-state index is 11.2. The molecule has 4 N–H and O–H groups in total. The molecule has 1 aromatic heterocycles. The summed E-state index contributed by atoms with van der Waals surface area (Å²) in [5.74, 6) is 0. The second-order valence-electron chi connectivity index (χ2n) is 3.71. The number of nitrogens with one attached hydrogen (secondary N) is 2. The van der Waals surface area contributed by atoms with Crippen LogP contribution in [0.3, 0.4) is 0 Å². The highest BCUT2D eigenvalue weighted by Gasteiger charge is 2.17. The first-order valence-corrected chi connectivity index (χ1v) is 6.07. The molecule has 0 fully saturated rings. The minimum Gasteiger partial charge on any atom is -0.465 e. The largest absolute Gasteiger partial charge is 0.465 e. The molecule has 0 unspecified atom stereocenters. The van der Waals surface area contributed by atoms with Crippen LogP contribution in [-0.2, 0) is 0 Å². The number of hydrogen-bond donors (Lipinski definition) is 4. The second kappa shape index (κ2) is 5.38. The molecule has 2 aromatic rings. The second-order valence-corrected chi connectivity index (χ2v) is 4.62. The van der Waals surface area contributed by atoms with Gasteiger partial charge in [0, 0.05) is 34.7 Å². The minimum absolute atomic E-state index is 0.158. The first kappa shape index (κ1) is 12.9. The average molecular weight is 314 g/mol. The molecule has 96 valence electrons. The fraction of sp³-hybridized carbons (Fsp3) is 0.182. The highest BCUT2D eigenvalue weighted by Crippen LogP contribution is 2.29. The van der Waals surface area contributed by atoms with Crippen molar-refractivity contribution >= 4 is 38.6 Å². The summed E-state index contributed by atoms with van der Waals surface area (Å²) in [5, 5.41) is 18.6. The molecule has 1 amide bonds. The Kier molecular flexibility index (Phi) is 3.85. The summed E-state index contributed by atoms with van der Waals surface area (Å²) in [4.78, 5) is 15.4. The van der Waals surface area contributed by atoms with Crippen molar-refractivity contribution < 1.29 is 15.1 Å². The zero-order valence-electron chi connectivity index (χ0n) is 9.35. The Morgan fingerprint density at radius 2 is 2.28 bits per heavy atom. The number of aromatic nitrogens is 1. The topological polar surface area (TPSA) is 88.6 Å². The number of carboxylic acid groups (broad SMARTS) is 1. The standard InChI is InChI=1S/C11H12BrN3O3/c12-7-1-2-9-8(5-7)10(6-13-9)15(11(16)17)4-3-14-18/h1-2,5-6,13-14,18H,3-4H2,(H,16,17). The predicted octanol–water partition coefficient (Wildman–Crippen LogP) is 2.39. The van der Waals surface area contributed by atoms with E-state index in [0.29, 0.717) is 5.69 Å². The SMILES string of the molecule is O=C(O)N(CCNO)c1c[nH]c2ccc(Br)cc12. The molecule has 2 rings (SSSR count). The number of hydroxylamine groups is 1. The van der Waals surface area contributed by atoms with E-state index in [9.17, 15) is 9.90 Å². The van der Waals surface area contributed by atoms with Crippen molar-refractivity contribution in [3.8, 4) is 0 Å². The van der Waals surface area contributed by atoms with Crippen LogP contribution in [0.2, 0.25) is 0 Å². The van der Waals surface area contributed by atoms with E-state index in [0.717, 1.165) is 15.4 Å².